The average Bonchev–Trinajstić information content (AvgIpc) is 2.58. The predicted molar refractivity (Wildman–Crippen MR) is 89.3 cm³/mol. The molecule has 0 saturated carbocycles. The van der Waals surface area contributed by atoms with Crippen LogP contribution in [0.4, 0.5) is 0 Å². The lowest BCUT2D eigenvalue weighted by Gasteiger charge is -2.34. The van der Waals surface area contributed by atoms with E-state index < -0.39 is 21.8 Å². The lowest BCUT2D eigenvalue weighted by Crippen LogP contribution is -2.49. The summed E-state index contributed by atoms with van der Waals surface area (Å²) in [5.74, 6) is -1.13. The van der Waals surface area contributed by atoms with Crippen molar-refractivity contribution >= 4 is 21.8 Å². The zero-order valence-corrected chi connectivity index (χ0v) is 14.5. The molecule has 0 bridgehead atoms. The van der Waals surface area contributed by atoms with Crippen molar-refractivity contribution in [2.45, 2.75) is 50.1 Å². The van der Waals surface area contributed by atoms with Gasteiger partial charge in [-0.15, -0.1) is 0 Å². The van der Waals surface area contributed by atoms with Crippen LogP contribution in [0.3, 0.4) is 0 Å². The zero-order chi connectivity index (χ0) is 17.7. The first-order chi connectivity index (χ1) is 11.3. The molecule has 0 spiro atoms. The van der Waals surface area contributed by atoms with E-state index in [0.717, 1.165) is 25.7 Å². The smallest absolute Gasteiger partial charge is 0.312 e. The fraction of sp³-hybridized carbons (Fsp3) is 0.500. The summed E-state index contributed by atoms with van der Waals surface area (Å²) < 4.78 is 22.4. The molecule has 132 valence electrons. The average molecular weight is 353 g/mol. The third-order valence-corrected chi connectivity index (χ3v) is 5.19. The maximum atomic E-state index is 12.3. The molecule has 2 rings (SSSR count). The number of hydrogen-bond donors (Lipinski definition) is 2. The summed E-state index contributed by atoms with van der Waals surface area (Å²) in [4.78, 5) is 26.0. The number of primary sulfonamides is 1. The van der Waals surface area contributed by atoms with Crippen LogP contribution in [0.25, 0.3) is 0 Å². The van der Waals surface area contributed by atoms with Gasteiger partial charge >= 0.3 is 11.8 Å². The first-order valence-electron chi connectivity index (χ1n) is 8.03. The van der Waals surface area contributed by atoms with Crippen molar-refractivity contribution in [1.82, 2.24) is 10.2 Å². The summed E-state index contributed by atoms with van der Waals surface area (Å²) in [5, 5.41) is 7.62. The minimum Gasteiger partial charge on any atom is -0.344 e. The molecule has 1 unspecified atom stereocenters. The third-order valence-electron chi connectivity index (χ3n) is 4.26. The molecular weight excluding hydrogens is 330 g/mol. The Morgan fingerprint density at radius 1 is 1.25 bits per heavy atom. The van der Waals surface area contributed by atoms with Gasteiger partial charge in [0.2, 0.25) is 10.0 Å². The van der Waals surface area contributed by atoms with Crippen LogP contribution in [0, 0.1) is 0 Å². The van der Waals surface area contributed by atoms with Gasteiger partial charge in [-0.1, -0.05) is 19.1 Å². The van der Waals surface area contributed by atoms with Crippen LogP contribution in [-0.4, -0.2) is 37.7 Å². The molecule has 1 aliphatic heterocycles. The summed E-state index contributed by atoms with van der Waals surface area (Å²) in [5.41, 5.74) is 0.689. The first-order valence-corrected chi connectivity index (χ1v) is 9.58. The topological polar surface area (TPSA) is 110 Å². The molecule has 0 aromatic heterocycles. The molecule has 3 N–H and O–H groups in total. The number of nitrogens with zero attached hydrogens (tertiary/aromatic N) is 1. The molecule has 1 heterocycles. The highest BCUT2D eigenvalue weighted by atomic mass is 32.2. The van der Waals surface area contributed by atoms with Crippen molar-refractivity contribution in [3.8, 4) is 0 Å². The van der Waals surface area contributed by atoms with E-state index in [9.17, 15) is 18.0 Å². The van der Waals surface area contributed by atoms with Gasteiger partial charge in [-0.05, 0) is 43.4 Å². The van der Waals surface area contributed by atoms with E-state index in [-0.39, 0.29) is 17.5 Å². The first kappa shape index (κ1) is 18.4. The molecule has 1 aromatic rings. The summed E-state index contributed by atoms with van der Waals surface area (Å²) in [7, 11) is -3.74. The summed E-state index contributed by atoms with van der Waals surface area (Å²) in [6.07, 6.45) is 3.78. The second kappa shape index (κ2) is 7.76. The van der Waals surface area contributed by atoms with Crippen LogP contribution >= 0.6 is 0 Å². The van der Waals surface area contributed by atoms with Crippen molar-refractivity contribution in [2.75, 3.05) is 6.54 Å². The zero-order valence-electron chi connectivity index (χ0n) is 13.7. The van der Waals surface area contributed by atoms with E-state index in [2.05, 4.69) is 5.32 Å². The molecule has 1 atom stereocenters. The van der Waals surface area contributed by atoms with Gasteiger partial charge in [0.1, 0.15) is 0 Å². The van der Waals surface area contributed by atoms with Crippen molar-refractivity contribution in [1.29, 1.82) is 0 Å². The number of carbonyl (C=O) groups is 2. The fourth-order valence-corrected chi connectivity index (χ4v) is 3.39. The minimum absolute atomic E-state index is 0.00718. The van der Waals surface area contributed by atoms with Gasteiger partial charge in [0.05, 0.1) is 4.90 Å². The van der Waals surface area contributed by atoms with Crippen LogP contribution in [0.1, 0.15) is 38.2 Å². The lowest BCUT2D eigenvalue weighted by molar-refractivity contribution is -0.148. The number of nitrogens with two attached hydrogens (primary N) is 1. The van der Waals surface area contributed by atoms with Crippen molar-refractivity contribution in [3.63, 3.8) is 0 Å². The normalized spacial score (nSPS) is 18.2. The van der Waals surface area contributed by atoms with Crippen molar-refractivity contribution < 1.29 is 18.0 Å². The van der Waals surface area contributed by atoms with Gasteiger partial charge in [-0.3, -0.25) is 9.59 Å². The molecule has 1 aliphatic rings. The number of carbonyl (C=O) groups excluding carboxylic acids is 2. The summed E-state index contributed by atoms with van der Waals surface area (Å²) in [6.45, 7) is 2.79. The van der Waals surface area contributed by atoms with Crippen LogP contribution in [0.15, 0.2) is 29.2 Å². The maximum absolute atomic E-state index is 12.3. The molecule has 24 heavy (non-hydrogen) atoms. The van der Waals surface area contributed by atoms with E-state index in [4.69, 9.17) is 5.14 Å². The number of piperidine rings is 1. The molecule has 0 radical (unpaired) electrons. The monoisotopic (exact) mass is 353 g/mol. The van der Waals surface area contributed by atoms with Gasteiger partial charge in [-0.2, -0.15) is 0 Å². The van der Waals surface area contributed by atoms with Gasteiger partial charge in [0.15, 0.2) is 0 Å². The number of benzene rings is 1. The van der Waals surface area contributed by atoms with E-state index in [1.54, 1.807) is 17.0 Å². The Kier molecular flexibility index (Phi) is 5.95. The SMILES string of the molecule is CCC1CCCCN1C(=O)C(=O)NCc1ccc(S(N)(=O)=O)cc1. The molecule has 1 fully saturated rings. The second-order valence-corrected chi connectivity index (χ2v) is 7.49. The Labute approximate surface area is 142 Å². The number of likely N-dealkylation sites (tertiary alicyclic amines) is 1. The highest BCUT2D eigenvalue weighted by molar-refractivity contribution is 7.89. The van der Waals surface area contributed by atoms with Gasteiger partial charge < -0.3 is 10.2 Å². The van der Waals surface area contributed by atoms with Crippen LogP contribution in [-0.2, 0) is 26.2 Å². The van der Waals surface area contributed by atoms with Crippen molar-refractivity contribution in [2.24, 2.45) is 5.14 Å². The molecule has 1 saturated heterocycles. The van der Waals surface area contributed by atoms with Crippen LogP contribution < -0.4 is 10.5 Å². The van der Waals surface area contributed by atoms with E-state index in [0.29, 0.717) is 12.1 Å². The summed E-state index contributed by atoms with van der Waals surface area (Å²) >= 11 is 0. The molecule has 8 heteroatoms. The van der Waals surface area contributed by atoms with E-state index in [1.807, 2.05) is 6.92 Å². The Morgan fingerprint density at radius 3 is 2.50 bits per heavy atom. The second-order valence-electron chi connectivity index (χ2n) is 5.93. The standard InChI is InChI=1S/C16H23N3O4S/c1-2-13-5-3-4-10-19(13)16(21)15(20)18-11-12-6-8-14(9-7-12)24(17,22)23/h6-9,13H,2-5,10-11H2,1H3,(H,18,20)(H2,17,22,23). The molecular formula is C16H23N3O4S. The summed E-state index contributed by atoms with van der Waals surface area (Å²) in [6, 6.07) is 5.99. The quantitative estimate of drug-likeness (QED) is 0.778. The van der Waals surface area contributed by atoms with E-state index in [1.165, 1.54) is 12.1 Å². The molecule has 2 amide bonds. The molecule has 0 aliphatic carbocycles. The number of amides is 2. The van der Waals surface area contributed by atoms with Gasteiger partial charge in [-0.25, -0.2) is 13.6 Å². The highest BCUT2D eigenvalue weighted by Crippen LogP contribution is 2.19. The minimum atomic E-state index is -3.74. The van der Waals surface area contributed by atoms with Crippen LogP contribution in [0.5, 0.6) is 0 Å². The van der Waals surface area contributed by atoms with Crippen molar-refractivity contribution in [3.05, 3.63) is 29.8 Å². The van der Waals surface area contributed by atoms with E-state index >= 15 is 0 Å². The van der Waals surface area contributed by atoms with Gasteiger partial charge in [0, 0.05) is 19.1 Å². The Balaban J connectivity index is 1.93. The lowest BCUT2D eigenvalue weighted by atomic mass is 10.00. The molecule has 1 aromatic carbocycles. The molecule has 7 nitrogen and oxygen atoms in total. The Morgan fingerprint density at radius 2 is 1.92 bits per heavy atom. The highest BCUT2D eigenvalue weighted by Gasteiger charge is 2.29. The van der Waals surface area contributed by atoms with Gasteiger partial charge in [0.25, 0.3) is 0 Å². The number of hydrogen-bond acceptors (Lipinski definition) is 4. The largest absolute Gasteiger partial charge is 0.344 e. The number of nitrogens with one attached hydrogen (secondary N) is 1. The fourth-order valence-electron chi connectivity index (χ4n) is 2.88. The van der Waals surface area contributed by atoms with Crippen LogP contribution in [0.2, 0.25) is 0 Å². The third kappa shape index (κ3) is 4.55. The Hall–Kier alpha value is -1.93. The Bertz CT molecular complexity index is 701. The predicted octanol–water partition coefficient (Wildman–Crippen LogP) is 0.741. The number of rotatable bonds is 4. The number of sulfonamides is 1. The maximum Gasteiger partial charge on any atom is 0.312 e.